The second kappa shape index (κ2) is 9.70. The van der Waals surface area contributed by atoms with Crippen LogP contribution in [0, 0.1) is 0 Å². The van der Waals surface area contributed by atoms with E-state index in [2.05, 4.69) is 15.0 Å². The van der Waals surface area contributed by atoms with E-state index in [9.17, 15) is 13.2 Å². The summed E-state index contributed by atoms with van der Waals surface area (Å²) in [6.45, 7) is 3.76. The molecule has 3 rings (SSSR count). The Morgan fingerprint density at radius 3 is 2.47 bits per heavy atom. The first-order valence-electron chi connectivity index (χ1n) is 9.31. The molecule has 0 saturated heterocycles. The minimum Gasteiger partial charge on any atom is -0.347 e. The summed E-state index contributed by atoms with van der Waals surface area (Å²) in [5, 5.41) is 4.08. The zero-order valence-corrected chi connectivity index (χ0v) is 18.9. The molecule has 3 aromatic rings. The topological polar surface area (TPSA) is 88.2 Å². The van der Waals surface area contributed by atoms with Gasteiger partial charge in [0.2, 0.25) is 10.0 Å². The Kier molecular flexibility index (Phi) is 7.25. The fourth-order valence-corrected chi connectivity index (χ4v) is 5.52. The summed E-state index contributed by atoms with van der Waals surface area (Å²) in [4.78, 5) is 17.3. The van der Waals surface area contributed by atoms with E-state index in [-0.39, 0.29) is 24.2 Å². The molecule has 0 fully saturated rings. The molecule has 158 valence electrons. The Morgan fingerprint density at radius 1 is 1.10 bits per heavy atom. The Bertz CT molecular complexity index is 1140. The van der Waals surface area contributed by atoms with Crippen molar-refractivity contribution in [2.24, 2.45) is 0 Å². The highest BCUT2D eigenvalue weighted by Gasteiger charge is 2.17. The minimum atomic E-state index is -3.46. The maximum Gasteiger partial charge on any atom is 0.263 e. The molecule has 0 aliphatic rings. The third-order valence-electron chi connectivity index (χ3n) is 4.15. The number of halogens is 1. The highest BCUT2D eigenvalue weighted by atomic mass is 35.5. The van der Waals surface area contributed by atoms with Crippen molar-refractivity contribution in [1.29, 1.82) is 0 Å². The van der Waals surface area contributed by atoms with Crippen LogP contribution in [0.3, 0.4) is 0 Å². The van der Waals surface area contributed by atoms with Crippen LogP contribution in [0.5, 0.6) is 0 Å². The smallest absolute Gasteiger partial charge is 0.263 e. The fourth-order valence-electron chi connectivity index (χ4n) is 2.88. The van der Waals surface area contributed by atoms with E-state index in [0.717, 1.165) is 11.1 Å². The average Bonchev–Trinajstić information content (AvgIpc) is 3.16. The molecule has 1 amide bonds. The van der Waals surface area contributed by atoms with Gasteiger partial charge in [-0.25, -0.2) is 18.1 Å². The second-order valence-electron chi connectivity index (χ2n) is 6.99. The average molecular weight is 464 g/mol. The number of aromatic nitrogens is 1. The van der Waals surface area contributed by atoms with Crippen LogP contribution in [0.25, 0.3) is 10.6 Å². The molecule has 1 heterocycles. The summed E-state index contributed by atoms with van der Waals surface area (Å²) >= 11 is 7.45. The number of hydrogen-bond donors (Lipinski definition) is 2. The number of hydrogen-bond acceptors (Lipinski definition) is 5. The zero-order valence-electron chi connectivity index (χ0n) is 16.6. The summed E-state index contributed by atoms with van der Waals surface area (Å²) in [6, 6.07) is 14.3. The highest BCUT2D eigenvalue weighted by molar-refractivity contribution is 7.88. The van der Waals surface area contributed by atoms with Crippen LogP contribution in [-0.2, 0) is 22.3 Å². The molecule has 0 bridgehead atoms. The van der Waals surface area contributed by atoms with Gasteiger partial charge in [0, 0.05) is 18.2 Å². The molecule has 0 aliphatic heterocycles. The van der Waals surface area contributed by atoms with Gasteiger partial charge in [0.1, 0.15) is 9.88 Å². The Labute approximate surface area is 185 Å². The van der Waals surface area contributed by atoms with Crippen molar-refractivity contribution >= 4 is 38.9 Å². The molecule has 0 unspecified atom stereocenters. The lowest BCUT2D eigenvalue weighted by Gasteiger charge is -2.13. The predicted molar refractivity (Wildman–Crippen MR) is 121 cm³/mol. The first-order valence-corrected chi connectivity index (χ1v) is 12.2. The third-order valence-corrected chi connectivity index (χ3v) is 7.03. The fraction of sp³-hybridized carbons (Fsp3) is 0.238. The van der Waals surface area contributed by atoms with Crippen LogP contribution in [0.2, 0.25) is 5.02 Å². The Hall–Kier alpha value is -2.26. The van der Waals surface area contributed by atoms with Crippen LogP contribution >= 0.6 is 22.9 Å². The van der Waals surface area contributed by atoms with Gasteiger partial charge in [-0.1, -0.05) is 54.1 Å². The number of nitrogens with zero attached hydrogens (tertiary/aromatic N) is 1. The molecule has 0 aliphatic carbocycles. The van der Waals surface area contributed by atoms with Crippen molar-refractivity contribution in [3.05, 3.63) is 75.8 Å². The molecular formula is C21H22ClN3O3S2. The lowest BCUT2D eigenvalue weighted by atomic mass is 10.1. The molecule has 2 aromatic carbocycles. The molecule has 0 radical (unpaired) electrons. The largest absolute Gasteiger partial charge is 0.347 e. The number of carbonyl (C=O) groups is 1. The quantitative estimate of drug-likeness (QED) is 0.523. The first kappa shape index (κ1) is 22.4. The molecule has 6 nitrogen and oxygen atoms in total. The molecule has 0 spiro atoms. The van der Waals surface area contributed by atoms with E-state index < -0.39 is 10.0 Å². The summed E-state index contributed by atoms with van der Waals surface area (Å²) in [5.41, 5.74) is 2.17. The lowest BCUT2D eigenvalue weighted by Crippen LogP contribution is -2.31. The van der Waals surface area contributed by atoms with Gasteiger partial charge in [-0.2, -0.15) is 0 Å². The summed E-state index contributed by atoms with van der Waals surface area (Å²) in [6.07, 6.45) is 1.52. The van der Waals surface area contributed by atoms with Gasteiger partial charge >= 0.3 is 0 Å². The normalized spacial score (nSPS) is 11.6. The number of benzene rings is 2. The van der Waals surface area contributed by atoms with Gasteiger partial charge in [0.25, 0.3) is 5.91 Å². The van der Waals surface area contributed by atoms with E-state index in [4.69, 9.17) is 11.6 Å². The van der Waals surface area contributed by atoms with Crippen LogP contribution in [-0.4, -0.2) is 25.4 Å². The lowest BCUT2D eigenvalue weighted by molar-refractivity contribution is 0.0954. The van der Waals surface area contributed by atoms with E-state index in [1.165, 1.54) is 17.5 Å². The van der Waals surface area contributed by atoms with Crippen molar-refractivity contribution in [1.82, 2.24) is 15.0 Å². The number of nitrogens with one attached hydrogen (secondary N) is 2. The number of carbonyl (C=O) groups excluding carboxylic acids is 1. The van der Waals surface area contributed by atoms with Crippen molar-refractivity contribution < 1.29 is 13.2 Å². The zero-order chi connectivity index (χ0) is 21.7. The van der Waals surface area contributed by atoms with E-state index in [1.807, 2.05) is 30.3 Å². The van der Waals surface area contributed by atoms with Gasteiger partial charge in [0.05, 0.1) is 17.0 Å². The Balaban J connectivity index is 1.70. The predicted octanol–water partition coefficient (Wildman–Crippen LogP) is 4.22. The van der Waals surface area contributed by atoms with Gasteiger partial charge in [-0.05, 0) is 31.0 Å². The summed E-state index contributed by atoms with van der Waals surface area (Å²) in [7, 11) is -3.46. The van der Waals surface area contributed by atoms with Crippen molar-refractivity contribution in [3.63, 3.8) is 0 Å². The molecule has 0 saturated carbocycles. The Morgan fingerprint density at radius 2 is 1.77 bits per heavy atom. The summed E-state index contributed by atoms with van der Waals surface area (Å²) < 4.78 is 27.1. The SMILES string of the molecule is CC(C)NS(=O)(=O)Cc1ccccc1CNC(=O)c1cnc(-c2ccccc2Cl)s1. The molecule has 2 N–H and O–H groups in total. The van der Waals surface area contributed by atoms with Crippen molar-refractivity contribution in [3.8, 4) is 10.6 Å². The molecule has 1 aromatic heterocycles. The third kappa shape index (κ3) is 5.89. The van der Waals surface area contributed by atoms with Gasteiger partial charge < -0.3 is 5.32 Å². The van der Waals surface area contributed by atoms with Crippen LogP contribution < -0.4 is 10.0 Å². The van der Waals surface area contributed by atoms with E-state index >= 15 is 0 Å². The second-order valence-corrected chi connectivity index (χ2v) is 10.2. The number of sulfonamides is 1. The first-order chi connectivity index (χ1) is 14.2. The molecule has 9 heteroatoms. The molecular weight excluding hydrogens is 442 g/mol. The maximum atomic E-state index is 12.6. The van der Waals surface area contributed by atoms with Gasteiger partial charge in [0.15, 0.2) is 0 Å². The van der Waals surface area contributed by atoms with E-state index in [1.54, 1.807) is 32.0 Å². The number of rotatable bonds is 8. The van der Waals surface area contributed by atoms with E-state index in [0.29, 0.717) is 20.5 Å². The number of amides is 1. The highest BCUT2D eigenvalue weighted by Crippen LogP contribution is 2.30. The number of thiazole rings is 1. The summed E-state index contributed by atoms with van der Waals surface area (Å²) in [5.74, 6) is -0.419. The van der Waals surface area contributed by atoms with Crippen LogP contribution in [0.15, 0.2) is 54.7 Å². The molecule has 30 heavy (non-hydrogen) atoms. The monoisotopic (exact) mass is 463 g/mol. The minimum absolute atomic E-state index is 0.144. The maximum absolute atomic E-state index is 12.6. The molecule has 0 atom stereocenters. The van der Waals surface area contributed by atoms with Crippen LogP contribution in [0.4, 0.5) is 0 Å². The standard InChI is InChI=1S/C21H22ClN3O3S2/c1-14(2)25-30(27,28)13-16-8-4-3-7-15(16)11-23-20(26)19-12-24-21(29-19)17-9-5-6-10-18(17)22/h3-10,12,14,25H,11,13H2,1-2H3,(H,23,26). The van der Waals surface area contributed by atoms with Crippen molar-refractivity contribution in [2.75, 3.05) is 0 Å². The van der Waals surface area contributed by atoms with Gasteiger partial charge in [-0.3, -0.25) is 4.79 Å². The van der Waals surface area contributed by atoms with Crippen molar-refractivity contribution in [2.45, 2.75) is 32.2 Å². The van der Waals surface area contributed by atoms with Crippen LogP contribution in [0.1, 0.15) is 34.6 Å². The van der Waals surface area contributed by atoms with Gasteiger partial charge in [-0.15, -0.1) is 11.3 Å².